The second kappa shape index (κ2) is 3.58. The molecule has 0 aliphatic rings. The Kier molecular flexibility index (Phi) is 2.40. The third-order valence-corrected chi connectivity index (χ3v) is 2.86. The zero-order chi connectivity index (χ0) is 11.0. The number of hydrogen-bond donors (Lipinski definition) is 0. The summed E-state index contributed by atoms with van der Waals surface area (Å²) in [4.78, 5) is 14.5. The Bertz CT molecular complexity index is 546. The van der Waals surface area contributed by atoms with E-state index < -0.39 is 0 Å². The van der Waals surface area contributed by atoms with Crippen molar-refractivity contribution in [2.24, 2.45) is 0 Å². The number of rotatable bonds is 1. The number of hydrogen-bond acceptors (Lipinski definition) is 3. The first kappa shape index (κ1) is 10.0. The summed E-state index contributed by atoms with van der Waals surface area (Å²) in [5, 5.41) is 12.2. The smallest absolute Gasteiger partial charge is 0.258 e. The Labute approximate surface area is 94.2 Å². The van der Waals surface area contributed by atoms with E-state index in [1.54, 1.807) is 18.3 Å². The lowest BCUT2D eigenvalue weighted by Crippen LogP contribution is -1.92. The maximum absolute atomic E-state index is 10.8. The van der Waals surface area contributed by atoms with E-state index >= 15 is 0 Å². The number of non-ortho nitro benzene ring substituents is 1. The molecule has 0 fully saturated rings. The molecule has 4 nitrogen and oxygen atoms in total. The summed E-state index contributed by atoms with van der Waals surface area (Å²) in [5.74, 6) is 0. The van der Waals surface area contributed by atoms with Crippen LogP contribution in [0, 0.1) is 17.0 Å². The molecule has 0 aliphatic heterocycles. The first-order valence-electron chi connectivity index (χ1n) is 4.29. The molecular weight excluding hydrogens is 260 g/mol. The highest BCUT2D eigenvalue weighted by atomic mass is 79.9. The first-order chi connectivity index (χ1) is 7.11. The van der Waals surface area contributed by atoms with Gasteiger partial charge < -0.3 is 0 Å². The van der Waals surface area contributed by atoms with Crippen LogP contribution < -0.4 is 0 Å². The fourth-order valence-electron chi connectivity index (χ4n) is 1.56. The normalized spacial score (nSPS) is 10.5. The Morgan fingerprint density at radius 1 is 1.40 bits per heavy atom. The van der Waals surface area contributed by atoms with Crippen molar-refractivity contribution >= 4 is 32.4 Å². The van der Waals surface area contributed by atoms with Crippen molar-refractivity contribution in [1.29, 1.82) is 0 Å². The Balaban J connectivity index is 2.95. The third-order valence-electron chi connectivity index (χ3n) is 2.26. The zero-order valence-corrected chi connectivity index (χ0v) is 9.48. The van der Waals surface area contributed by atoms with E-state index in [4.69, 9.17) is 0 Å². The first-order valence-corrected chi connectivity index (χ1v) is 5.09. The van der Waals surface area contributed by atoms with Crippen molar-refractivity contribution in [3.63, 3.8) is 0 Å². The van der Waals surface area contributed by atoms with Crippen LogP contribution in [0.3, 0.4) is 0 Å². The van der Waals surface area contributed by atoms with E-state index in [9.17, 15) is 10.1 Å². The van der Waals surface area contributed by atoms with E-state index in [1.165, 1.54) is 6.07 Å². The maximum atomic E-state index is 10.8. The molecule has 2 rings (SSSR count). The second-order valence-electron chi connectivity index (χ2n) is 3.18. The summed E-state index contributed by atoms with van der Waals surface area (Å²) >= 11 is 3.30. The van der Waals surface area contributed by atoms with Crippen LogP contribution in [0.25, 0.3) is 10.8 Å². The van der Waals surface area contributed by atoms with E-state index in [0.29, 0.717) is 9.99 Å². The van der Waals surface area contributed by atoms with Crippen molar-refractivity contribution in [1.82, 2.24) is 4.98 Å². The van der Waals surface area contributed by atoms with Crippen LogP contribution >= 0.6 is 15.9 Å². The molecule has 0 unspecified atom stereocenters. The lowest BCUT2D eigenvalue weighted by Gasteiger charge is -2.03. The van der Waals surface area contributed by atoms with Gasteiger partial charge in [-0.3, -0.25) is 10.1 Å². The summed E-state index contributed by atoms with van der Waals surface area (Å²) in [6.45, 7) is 1.90. The third kappa shape index (κ3) is 1.59. The highest BCUT2D eigenvalue weighted by Gasteiger charge is 2.14. The molecule has 0 N–H and O–H groups in total. The minimum Gasteiger partial charge on any atom is -0.258 e. The highest BCUT2D eigenvalue weighted by Crippen LogP contribution is 2.31. The zero-order valence-electron chi connectivity index (χ0n) is 7.90. The monoisotopic (exact) mass is 266 g/mol. The molecule has 15 heavy (non-hydrogen) atoms. The van der Waals surface area contributed by atoms with E-state index in [0.717, 1.165) is 10.9 Å². The Hall–Kier alpha value is -1.49. The molecule has 0 aliphatic carbocycles. The largest absolute Gasteiger partial charge is 0.277 e. The van der Waals surface area contributed by atoms with Crippen LogP contribution in [0.2, 0.25) is 0 Å². The summed E-state index contributed by atoms with van der Waals surface area (Å²) in [7, 11) is 0. The number of pyridine rings is 1. The molecule has 2 aromatic rings. The maximum Gasteiger partial charge on any atom is 0.277 e. The number of nitrogens with zero attached hydrogens (tertiary/aromatic N) is 2. The van der Waals surface area contributed by atoms with E-state index in [-0.39, 0.29) is 10.6 Å². The minimum atomic E-state index is -0.381. The minimum absolute atomic E-state index is 0.110. The number of benzene rings is 1. The number of fused-ring (bicyclic) bond motifs is 1. The van der Waals surface area contributed by atoms with Crippen molar-refractivity contribution in [3.8, 4) is 0 Å². The van der Waals surface area contributed by atoms with Gasteiger partial charge in [-0.25, -0.2) is 4.98 Å². The number of nitro benzene ring substituents is 1. The van der Waals surface area contributed by atoms with Crippen molar-refractivity contribution in [3.05, 3.63) is 44.7 Å². The van der Waals surface area contributed by atoms with Gasteiger partial charge in [0.05, 0.1) is 10.3 Å². The van der Waals surface area contributed by atoms with Gasteiger partial charge in [0.2, 0.25) is 0 Å². The summed E-state index contributed by atoms with van der Waals surface area (Å²) in [6.07, 6.45) is 1.55. The molecule has 5 heteroatoms. The predicted molar refractivity (Wildman–Crippen MR) is 60.8 cm³/mol. The molecule has 0 spiro atoms. The summed E-state index contributed by atoms with van der Waals surface area (Å²) in [6, 6.07) is 4.90. The standard InChI is InChI=1S/C10H7BrN2O2/c1-6-2-3-8(13(14)15)7-4-5-12-10(11)9(6)7/h2-5H,1H3. The molecular formula is C10H7BrN2O2. The van der Waals surface area contributed by atoms with Gasteiger partial charge in [-0.2, -0.15) is 0 Å². The Morgan fingerprint density at radius 2 is 2.13 bits per heavy atom. The molecule has 1 heterocycles. The molecule has 0 atom stereocenters. The fourth-order valence-corrected chi connectivity index (χ4v) is 2.21. The number of halogens is 1. The molecule has 0 bridgehead atoms. The topological polar surface area (TPSA) is 56.0 Å². The van der Waals surface area contributed by atoms with Crippen molar-refractivity contribution < 1.29 is 4.92 Å². The van der Waals surface area contributed by atoms with Gasteiger partial charge in [0, 0.05) is 17.6 Å². The molecule has 0 amide bonds. The lowest BCUT2D eigenvalue weighted by molar-refractivity contribution is -0.383. The molecule has 76 valence electrons. The number of aromatic nitrogens is 1. The van der Waals surface area contributed by atoms with Gasteiger partial charge in [0.15, 0.2) is 0 Å². The fraction of sp³-hybridized carbons (Fsp3) is 0.100. The van der Waals surface area contributed by atoms with Gasteiger partial charge in [0.1, 0.15) is 4.60 Å². The number of nitro groups is 1. The number of aryl methyl sites for hydroxylation is 1. The van der Waals surface area contributed by atoms with Crippen LogP contribution in [0.5, 0.6) is 0 Å². The second-order valence-corrected chi connectivity index (χ2v) is 3.93. The van der Waals surface area contributed by atoms with Crippen LogP contribution in [-0.2, 0) is 0 Å². The average molecular weight is 267 g/mol. The van der Waals surface area contributed by atoms with Gasteiger partial charge in [-0.15, -0.1) is 0 Å². The van der Waals surface area contributed by atoms with E-state index in [1.807, 2.05) is 6.92 Å². The average Bonchev–Trinajstić information content (AvgIpc) is 2.17. The molecule has 0 saturated carbocycles. The van der Waals surface area contributed by atoms with Crippen LogP contribution in [0.15, 0.2) is 29.0 Å². The van der Waals surface area contributed by atoms with Crippen LogP contribution in [-0.4, -0.2) is 9.91 Å². The highest BCUT2D eigenvalue weighted by molar-refractivity contribution is 9.10. The summed E-state index contributed by atoms with van der Waals surface area (Å²) < 4.78 is 0.640. The quantitative estimate of drug-likeness (QED) is 0.453. The van der Waals surface area contributed by atoms with Crippen molar-refractivity contribution in [2.45, 2.75) is 6.92 Å². The van der Waals surface area contributed by atoms with Gasteiger partial charge in [-0.05, 0) is 34.5 Å². The molecule has 0 radical (unpaired) electrons. The van der Waals surface area contributed by atoms with Crippen LogP contribution in [0.1, 0.15) is 5.56 Å². The molecule has 1 aromatic heterocycles. The summed E-state index contributed by atoms with van der Waals surface area (Å²) in [5.41, 5.74) is 1.08. The van der Waals surface area contributed by atoms with Gasteiger partial charge in [-0.1, -0.05) is 6.07 Å². The molecule has 1 aromatic carbocycles. The van der Waals surface area contributed by atoms with E-state index in [2.05, 4.69) is 20.9 Å². The van der Waals surface area contributed by atoms with Crippen LogP contribution in [0.4, 0.5) is 5.69 Å². The SMILES string of the molecule is Cc1ccc([N+](=O)[O-])c2ccnc(Br)c12. The Morgan fingerprint density at radius 3 is 2.80 bits per heavy atom. The van der Waals surface area contributed by atoms with Gasteiger partial charge in [0.25, 0.3) is 5.69 Å². The molecule has 0 saturated heterocycles. The lowest BCUT2D eigenvalue weighted by atomic mass is 10.1. The predicted octanol–water partition coefficient (Wildman–Crippen LogP) is 3.21. The van der Waals surface area contributed by atoms with Gasteiger partial charge >= 0.3 is 0 Å². The van der Waals surface area contributed by atoms with Crippen molar-refractivity contribution in [2.75, 3.05) is 0 Å².